The van der Waals surface area contributed by atoms with Crippen LogP contribution in [0.25, 0.3) is 0 Å². The molecule has 80 valence electrons. The van der Waals surface area contributed by atoms with Crippen LogP contribution in [0.2, 0.25) is 0 Å². The second-order valence-corrected chi connectivity index (χ2v) is 4.63. The minimum Gasteiger partial charge on any atom is -0.324 e. The largest absolute Gasteiger partial charge is 0.324 e. The van der Waals surface area contributed by atoms with Crippen LogP contribution in [0, 0.1) is 13.8 Å². The van der Waals surface area contributed by atoms with Gasteiger partial charge >= 0.3 is 0 Å². The first kappa shape index (κ1) is 10.4. The Hall–Kier alpha value is -1.08. The van der Waals surface area contributed by atoms with Crippen molar-refractivity contribution in [3.63, 3.8) is 0 Å². The lowest BCUT2D eigenvalue weighted by Crippen LogP contribution is -2.11. The highest BCUT2D eigenvalue weighted by molar-refractivity contribution is 5.34. The molecule has 1 unspecified atom stereocenters. The summed E-state index contributed by atoms with van der Waals surface area (Å²) in [4.78, 5) is 0. The normalized spacial score (nSPS) is 20.5. The Morgan fingerprint density at radius 1 is 1.33 bits per heavy atom. The molecule has 0 radical (unpaired) electrons. The van der Waals surface area contributed by atoms with Crippen LogP contribution in [0.1, 0.15) is 29.5 Å². The zero-order valence-electron chi connectivity index (χ0n) is 9.59. The molecule has 0 amide bonds. The van der Waals surface area contributed by atoms with E-state index < -0.39 is 0 Å². The summed E-state index contributed by atoms with van der Waals surface area (Å²) in [6, 6.07) is 6.97. The second kappa shape index (κ2) is 4.19. The molecule has 0 aromatic heterocycles. The fraction of sp³-hybridized carbons (Fsp3) is 0.429. The maximum atomic E-state index is 5.87. The molecule has 2 rings (SSSR count). The highest BCUT2D eigenvalue weighted by Gasteiger charge is 2.12. The van der Waals surface area contributed by atoms with Gasteiger partial charge in [-0.05, 0) is 44.2 Å². The van der Waals surface area contributed by atoms with Crippen LogP contribution in [0.3, 0.4) is 0 Å². The molecule has 0 heterocycles. The van der Waals surface area contributed by atoms with Gasteiger partial charge in [-0.3, -0.25) is 0 Å². The Balaban J connectivity index is 2.17. The highest BCUT2D eigenvalue weighted by Crippen LogP contribution is 2.23. The van der Waals surface area contributed by atoms with Gasteiger partial charge in [0, 0.05) is 6.04 Å². The van der Waals surface area contributed by atoms with E-state index in [1.165, 1.54) is 28.7 Å². The number of hydrogen-bond donors (Lipinski definition) is 1. The number of rotatable bonds is 2. The van der Waals surface area contributed by atoms with Gasteiger partial charge in [-0.1, -0.05) is 35.4 Å². The minimum absolute atomic E-state index is 0.296. The van der Waals surface area contributed by atoms with E-state index in [1.807, 2.05) is 0 Å². The summed E-state index contributed by atoms with van der Waals surface area (Å²) in [5.74, 6) is 0. The van der Waals surface area contributed by atoms with Crippen LogP contribution in [0.4, 0.5) is 0 Å². The number of hydrogen-bond acceptors (Lipinski definition) is 1. The first-order valence-electron chi connectivity index (χ1n) is 5.66. The smallest absolute Gasteiger partial charge is 0.0229 e. The molecule has 1 aliphatic rings. The van der Waals surface area contributed by atoms with Crippen molar-refractivity contribution in [2.24, 2.45) is 5.73 Å². The predicted molar refractivity (Wildman–Crippen MR) is 64.9 cm³/mol. The van der Waals surface area contributed by atoms with Crippen molar-refractivity contribution >= 4 is 0 Å². The van der Waals surface area contributed by atoms with Gasteiger partial charge in [-0.25, -0.2) is 0 Å². The van der Waals surface area contributed by atoms with Crippen molar-refractivity contribution in [2.75, 3.05) is 0 Å². The SMILES string of the molecule is Cc1ccc(C)c(CC2=CC(N)CC2)c1. The fourth-order valence-corrected chi connectivity index (χ4v) is 2.20. The average Bonchev–Trinajstić information content (AvgIpc) is 2.58. The van der Waals surface area contributed by atoms with E-state index in [0.717, 1.165) is 12.8 Å². The molecular weight excluding hydrogens is 182 g/mol. The third-order valence-electron chi connectivity index (χ3n) is 3.17. The molecule has 1 aliphatic carbocycles. The number of allylic oxidation sites excluding steroid dienone is 1. The Morgan fingerprint density at radius 3 is 2.80 bits per heavy atom. The minimum atomic E-state index is 0.296. The van der Waals surface area contributed by atoms with E-state index in [2.05, 4.69) is 38.1 Å². The summed E-state index contributed by atoms with van der Waals surface area (Å²) < 4.78 is 0. The zero-order valence-corrected chi connectivity index (χ0v) is 9.59. The molecule has 1 heteroatoms. The maximum absolute atomic E-state index is 5.87. The molecule has 0 saturated heterocycles. The van der Waals surface area contributed by atoms with Crippen LogP contribution < -0.4 is 5.73 Å². The third-order valence-corrected chi connectivity index (χ3v) is 3.17. The second-order valence-electron chi connectivity index (χ2n) is 4.63. The first-order chi connectivity index (χ1) is 7.15. The van der Waals surface area contributed by atoms with Gasteiger partial charge in [-0.2, -0.15) is 0 Å². The highest BCUT2D eigenvalue weighted by atomic mass is 14.6. The zero-order chi connectivity index (χ0) is 10.8. The molecule has 2 N–H and O–H groups in total. The van der Waals surface area contributed by atoms with Gasteiger partial charge in [-0.15, -0.1) is 0 Å². The molecule has 0 bridgehead atoms. The first-order valence-corrected chi connectivity index (χ1v) is 5.66. The lowest BCUT2D eigenvalue weighted by atomic mass is 9.98. The maximum Gasteiger partial charge on any atom is 0.0229 e. The molecule has 0 fully saturated rings. The summed E-state index contributed by atoms with van der Waals surface area (Å²) >= 11 is 0. The van der Waals surface area contributed by atoms with Crippen molar-refractivity contribution < 1.29 is 0 Å². The fourth-order valence-electron chi connectivity index (χ4n) is 2.20. The molecular formula is C14H19N. The lowest BCUT2D eigenvalue weighted by Gasteiger charge is -2.07. The molecule has 1 nitrogen and oxygen atoms in total. The van der Waals surface area contributed by atoms with Crippen LogP contribution in [0.5, 0.6) is 0 Å². The van der Waals surface area contributed by atoms with Crippen LogP contribution in [-0.2, 0) is 6.42 Å². The molecule has 1 aromatic rings. The molecule has 15 heavy (non-hydrogen) atoms. The Bertz CT molecular complexity index is 390. The van der Waals surface area contributed by atoms with Gasteiger partial charge in [0.05, 0.1) is 0 Å². The van der Waals surface area contributed by atoms with Crippen molar-refractivity contribution in [1.29, 1.82) is 0 Å². The standard InChI is InChI=1S/C14H19N/c1-10-3-4-11(2)13(7-10)8-12-5-6-14(15)9-12/h3-4,7,9,14H,5-6,8,15H2,1-2H3. The topological polar surface area (TPSA) is 26.0 Å². The van der Waals surface area contributed by atoms with Crippen molar-refractivity contribution in [1.82, 2.24) is 0 Å². The summed E-state index contributed by atoms with van der Waals surface area (Å²) in [5.41, 5.74) is 11.6. The van der Waals surface area contributed by atoms with E-state index in [-0.39, 0.29) is 0 Å². The van der Waals surface area contributed by atoms with Gasteiger partial charge in [0.1, 0.15) is 0 Å². The monoisotopic (exact) mass is 201 g/mol. The van der Waals surface area contributed by atoms with Crippen molar-refractivity contribution in [2.45, 2.75) is 39.2 Å². The summed E-state index contributed by atoms with van der Waals surface area (Å²) in [6.07, 6.45) is 5.62. The number of benzene rings is 1. The van der Waals surface area contributed by atoms with Crippen LogP contribution in [0.15, 0.2) is 29.8 Å². The van der Waals surface area contributed by atoms with Crippen LogP contribution in [-0.4, -0.2) is 6.04 Å². The average molecular weight is 201 g/mol. The van der Waals surface area contributed by atoms with Gasteiger partial charge in [0.15, 0.2) is 0 Å². The molecule has 0 spiro atoms. The Morgan fingerprint density at radius 2 is 2.13 bits per heavy atom. The van der Waals surface area contributed by atoms with E-state index in [4.69, 9.17) is 5.73 Å². The van der Waals surface area contributed by atoms with Crippen molar-refractivity contribution in [3.8, 4) is 0 Å². The van der Waals surface area contributed by atoms with E-state index in [0.29, 0.717) is 6.04 Å². The van der Waals surface area contributed by atoms with Gasteiger partial charge in [0.25, 0.3) is 0 Å². The quantitative estimate of drug-likeness (QED) is 0.731. The third kappa shape index (κ3) is 2.48. The van der Waals surface area contributed by atoms with E-state index >= 15 is 0 Å². The Labute approximate surface area is 92.0 Å². The van der Waals surface area contributed by atoms with Gasteiger partial charge < -0.3 is 5.73 Å². The number of nitrogens with two attached hydrogens (primary N) is 1. The summed E-state index contributed by atoms with van der Waals surface area (Å²) in [7, 11) is 0. The van der Waals surface area contributed by atoms with E-state index in [9.17, 15) is 0 Å². The van der Waals surface area contributed by atoms with E-state index in [1.54, 1.807) is 0 Å². The number of aryl methyl sites for hydroxylation is 2. The molecule has 0 aliphatic heterocycles. The van der Waals surface area contributed by atoms with Gasteiger partial charge in [0.2, 0.25) is 0 Å². The summed E-state index contributed by atoms with van der Waals surface area (Å²) in [6.45, 7) is 4.34. The molecule has 1 atom stereocenters. The lowest BCUT2D eigenvalue weighted by molar-refractivity contribution is 0.769. The Kier molecular flexibility index (Phi) is 2.92. The predicted octanol–water partition coefficient (Wildman–Crippen LogP) is 2.89. The van der Waals surface area contributed by atoms with Crippen LogP contribution >= 0.6 is 0 Å². The van der Waals surface area contributed by atoms with Crippen molar-refractivity contribution in [3.05, 3.63) is 46.5 Å². The molecule has 1 aromatic carbocycles. The summed E-state index contributed by atoms with van der Waals surface area (Å²) in [5, 5.41) is 0. The molecule has 0 saturated carbocycles.